The van der Waals surface area contributed by atoms with E-state index in [2.05, 4.69) is 47.9 Å². The van der Waals surface area contributed by atoms with E-state index in [1.54, 1.807) is 0 Å². The lowest BCUT2D eigenvalue weighted by atomic mass is 10.1. The van der Waals surface area contributed by atoms with E-state index in [-0.39, 0.29) is 18.3 Å². The van der Waals surface area contributed by atoms with Gasteiger partial charge in [-0.1, -0.05) is 41.5 Å². The number of aryl methyl sites for hydroxylation is 2. The van der Waals surface area contributed by atoms with Gasteiger partial charge in [0.2, 0.25) is 5.91 Å². The van der Waals surface area contributed by atoms with Crippen LogP contribution < -0.4 is 10.6 Å². The second-order valence-corrected chi connectivity index (χ2v) is 5.79. The highest BCUT2D eigenvalue weighted by molar-refractivity contribution is 5.85. The molecule has 0 spiro atoms. The Morgan fingerprint density at radius 3 is 2.68 bits per heavy atom. The van der Waals surface area contributed by atoms with Gasteiger partial charge in [-0.15, -0.1) is 12.4 Å². The Hall–Kier alpha value is -1.32. The maximum absolute atomic E-state index is 11.8. The number of unbranched alkanes of at least 4 members (excludes halogenated alkanes) is 1. The van der Waals surface area contributed by atoms with Crippen molar-refractivity contribution in [3.05, 3.63) is 47.0 Å². The number of carbonyl (C=O) groups is 1. The Balaban J connectivity index is 0.00000242. The van der Waals surface area contributed by atoms with Gasteiger partial charge in [0.1, 0.15) is 0 Å². The minimum Gasteiger partial charge on any atom is -0.352 e. The van der Waals surface area contributed by atoms with Crippen molar-refractivity contribution in [3.63, 3.8) is 0 Å². The van der Waals surface area contributed by atoms with Gasteiger partial charge in [-0.05, 0) is 44.7 Å². The third-order valence-electron chi connectivity index (χ3n) is 3.91. The first-order chi connectivity index (χ1) is 10.2. The summed E-state index contributed by atoms with van der Waals surface area (Å²) in [7, 11) is 0. The first-order valence-electron chi connectivity index (χ1n) is 7.95. The highest BCUT2D eigenvalue weighted by Gasteiger charge is 2.05. The summed E-state index contributed by atoms with van der Waals surface area (Å²) >= 11 is 0. The average Bonchev–Trinajstić information content (AvgIpc) is 2.52. The van der Waals surface area contributed by atoms with Crippen LogP contribution in [0.4, 0.5) is 0 Å². The molecule has 1 aliphatic rings. The molecule has 3 nitrogen and oxygen atoms in total. The summed E-state index contributed by atoms with van der Waals surface area (Å²) < 4.78 is 0. The lowest BCUT2D eigenvalue weighted by Gasteiger charge is -2.14. The molecule has 0 saturated heterocycles. The number of nitrogens with one attached hydrogen (secondary N) is 2. The number of carbonyl (C=O) groups excluding carboxylic acids is 1. The van der Waals surface area contributed by atoms with E-state index in [0.29, 0.717) is 6.42 Å². The fraction of sp³-hybridized carbons (Fsp3) is 0.500. The molecule has 0 aliphatic carbocycles. The Labute approximate surface area is 140 Å². The summed E-state index contributed by atoms with van der Waals surface area (Å²) in [5, 5.41) is 6.30. The summed E-state index contributed by atoms with van der Waals surface area (Å²) in [4.78, 5) is 11.8. The largest absolute Gasteiger partial charge is 0.352 e. The molecule has 0 fully saturated rings. The standard InChI is InChI=1S/C18H26N2O.ClH/c1-15-6-8-16(9-7-15)4-2-3-5-18(21)20-14-17-10-12-19-13-11-17;/h6-10,19H,2-5,11-14H2,1H3,(H,20,21);1H. The van der Waals surface area contributed by atoms with Crippen LogP contribution in [0.5, 0.6) is 0 Å². The second kappa shape index (κ2) is 10.4. The van der Waals surface area contributed by atoms with Crippen LogP contribution in [0.2, 0.25) is 0 Å². The van der Waals surface area contributed by atoms with Gasteiger partial charge in [0.25, 0.3) is 0 Å². The molecule has 1 amide bonds. The van der Waals surface area contributed by atoms with Crippen molar-refractivity contribution in [3.8, 4) is 0 Å². The maximum atomic E-state index is 11.8. The summed E-state index contributed by atoms with van der Waals surface area (Å²) in [6, 6.07) is 8.65. The van der Waals surface area contributed by atoms with E-state index in [1.807, 2.05) is 0 Å². The lowest BCUT2D eigenvalue weighted by molar-refractivity contribution is -0.121. The molecule has 1 aromatic carbocycles. The molecule has 2 N–H and O–H groups in total. The van der Waals surface area contributed by atoms with Gasteiger partial charge < -0.3 is 10.6 Å². The number of rotatable bonds is 7. The van der Waals surface area contributed by atoms with Gasteiger partial charge in [-0.2, -0.15) is 0 Å². The molecule has 0 unspecified atom stereocenters. The second-order valence-electron chi connectivity index (χ2n) is 5.79. The topological polar surface area (TPSA) is 41.1 Å². The van der Waals surface area contributed by atoms with Crippen LogP contribution in [0.15, 0.2) is 35.9 Å². The molecule has 1 heterocycles. The predicted octanol–water partition coefficient (Wildman–Crippen LogP) is 3.17. The molecule has 2 rings (SSSR count). The maximum Gasteiger partial charge on any atom is 0.220 e. The fourth-order valence-corrected chi connectivity index (χ4v) is 2.50. The molecule has 0 aromatic heterocycles. The van der Waals surface area contributed by atoms with Crippen molar-refractivity contribution in [1.82, 2.24) is 10.6 Å². The molecular formula is C18H27ClN2O. The van der Waals surface area contributed by atoms with Crippen LogP contribution >= 0.6 is 12.4 Å². The third-order valence-corrected chi connectivity index (χ3v) is 3.91. The van der Waals surface area contributed by atoms with Crippen LogP contribution in [0.3, 0.4) is 0 Å². The average molecular weight is 323 g/mol. The van der Waals surface area contributed by atoms with Crippen molar-refractivity contribution in [2.75, 3.05) is 19.6 Å². The van der Waals surface area contributed by atoms with Crippen molar-refractivity contribution in [2.45, 2.75) is 39.0 Å². The Morgan fingerprint density at radius 1 is 1.23 bits per heavy atom. The monoisotopic (exact) mass is 322 g/mol. The van der Waals surface area contributed by atoms with Crippen molar-refractivity contribution >= 4 is 18.3 Å². The van der Waals surface area contributed by atoms with Crippen LogP contribution in [-0.4, -0.2) is 25.5 Å². The number of amides is 1. The number of benzene rings is 1. The number of hydrogen-bond acceptors (Lipinski definition) is 2. The molecule has 1 aliphatic heterocycles. The van der Waals surface area contributed by atoms with Gasteiger partial charge in [0, 0.05) is 19.5 Å². The lowest BCUT2D eigenvalue weighted by Crippen LogP contribution is -2.29. The van der Waals surface area contributed by atoms with Gasteiger partial charge in [-0.25, -0.2) is 0 Å². The third kappa shape index (κ3) is 7.10. The van der Waals surface area contributed by atoms with E-state index in [1.165, 1.54) is 16.7 Å². The first kappa shape index (κ1) is 18.7. The molecule has 0 radical (unpaired) electrons. The quantitative estimate of drug-likeness (QED) is 0.598. The summed E-state index contributed by atoms with van der Waals surface area (Å²) in [5.41, 5.74) is 4.01. The summed E-state index contributed by atoms with van der Waals surface area (Å²) in [6.45, 7) is 4.78. The summed E-state index contributed by atoms with van der Waals surface area (Å²) in [5.74, 6) is 0.179. The highest BCUT2D eigenvalue weighted by Crippen LogP contribution is 2.08. The van der Waals surface area contributed by atoms with Gasteiger partial charge >= 0.3 is 0 Å². The highest BCUT2D eigenvalue weighted by atomic mass is 35.5. The van der Waals surface area contributed by atoms with Crippen LogP contribution in [0.1, 0.15) is 36.8 Å². The minimum absolute atomic E-state index is 0. The normalized spacial score (nSPS) is 14.0. The van der Waals surface area contributed by atoms with Gasteiger partial charge in [-0.3, -0.25) is 4.79 Å². The zero-order valence-corrected chi connectivity index (χ0v) is 14.2. The first-order valence-corrected chi connectivity index (χ1v) is 7.95. The van der Waals surface area contributed by atoms with E-state index in [0.717, 1.165) is 45.3 Å². The molecule has 0 bridgehead atoms. The molecule has 122 valence electrons. The summed E-state index contributed by atoms with van der Waals surface area (Å²) in [6.07, 6.45) is 6.96. The molecule has 0 saturated carbocycles. The van der Waals surface area contributed by atoms with Gasteiger partial charge in [0.05, 0.1) is 0 Å². The molecule has 0 atom stereocenters. The molecular weight excluding hydrogens is 296 g/mol. The van der Waals surface area contributed by atoms with E-state index in [9.17, 15) is 4.79 Å². The number of hydrogen-bond donors (Lipinski definition) is 2. The molecule has 4 heteroatoms. The zero-order valence-electron chi connectivity index (χ0n) is 13.4. The van der Waals surface area contributed by atoms with Gasteiger partial charge in [0.15, 0.2) is 0 Å². The molecule has 1 aromatic rings. The van der Waals surface area contributed by atoms with Crippen LogP contribution in [-0.2, 0) is 11.2 Å². The zero-order chi connectivity index (χ0) is 14.9. The Kier molecular flexibility index (Phi) is 8.86. The minimum atomic E-state index is 0. The van der Waals surface area contributed by atoms with Crippen molar-refractivity contribution in [1.29, 1.82) is 0 Å². The SMILES string of the molecule is Cc1ccc(CCCCC(=O)NCC2=CCNCC2)cc1.Cl. The Bertz CT molecular complexity index is 482. The fourth-order valence-electron chi connectivity index (χ4n) is 2.50. The number of halogens is 1. The van der Waals surface area contributed by atoms with Crippen LogP contribution in [0.25, 0.3) is 0 Å². The van der Waals surface area contributed by atoms with E-state index < -0.39 is 0 Å². The molecule has 22 heavy (non-hydrogen) atoms. The van der Waals surface area contributed by atoms with E-state index >= 15 is 0 Å². The van der Waals surface area contributed by atoms with Crippen molar-refractivity contribution < 1.29 is 4.79 Å². The predicted molar refractivity (Wildman–Crippen MR) is 94.6 cm³/mol. The van der Waals surface area contributed by atoms with Crippen LogP contribution in [0, 0.1) is 6.92 Å². The smallest absolute Gasteiger partial charge is 0.220 e. The van der Waals surface area contributed by atoms with E-state index in [4.69, 9.17) is 0 Å². The van der Waals surface area contributed by atoms with Crippen molar-refractivity contribution in [2.24, 2.45) is 0 Å². The Morgan fingerprint density at radius 2 is 2.00 bits per heavy atom.